The molecule has 1 unspecified atom stereocenters. The molecule has 1 amide bonds. The van der Waals surface area contributed by atoms with Crippen molar-refractivity contribution < 1.29 is 14.1 Å². The van der Waals surface area contributed by atoms with Crippen LogP contribution in [0.5, 0.6) is 5.75 Å². The zero-order valence-electron chi connectivity index (χ0n) is 14.1. The summed E-state index contributed by atoms with van der Waals surface area (Å²) in [5.74, 6) is 1.65. The van der Waals surface area contributed by atoms with Gasteiger partial charge in [0.15, 0.2) is 5.82 Å². The highest BCUT2D eigenvalue weighted by atomic mass is 35.5. The number of methoxy groups -OCH3 is 1. The lowest BCUT2D eigenvalue weighted by molar-refractivity contribution is -0.117. The van der Waals surface area contributed by atoms with E-state index in [1.54, 1.807) is 24.1 Å². The summed E-state index contributed by atoms with van der Waals surface area (Å²) in [6, 6.07) is 14.6. The molecule has 1 fully saturated rings. The van der Waals surface area contributed by atoms with Crippen LogP contribution in [0.3, 0.4) is 0 Å². The molecule has 1 aromatic heterocycles. The van der Waals surface area contributed by atoms with E-state index in [1.807, 2.05) is 36.4 Å². The number of halogens is 1. The summed E-state index contributed by atoms with van der Waals surface area (Å²) >= 11 is 5.90. The Morgan fingerprint density at radius 1 is 1.15 bits per heavy atom. The number of carbonyl (C=O) groups is 1. The maximum absolute atomic E-state index is 12.4. The van der Waals surface area contributed by atoms with Gasteiger partial charge in [0.2, 0.25) is 5.91 Å². The fourth-order valence-corrected chi connectivity index (χ4v) is 3.13. The first-order chi connectivity index (χ1) is 12.6. The molecule has 1 aliphatic rings. The van der Waals surface area contributed by atoms with Gasteiger partial charge >= 0.3 is 0 Å². The minimum Gasteiger partial charge on any atom is -0.497 e. The molecule has 7 heteroatoms. The lowest BCUT2D eigenvalue weighted by atomic mass is 10.1. The zero-order valence-corrected chi connectivity index (χ0v) is 14.8. The number of ether oxygens (including phenoxy) is 1. The molecule has 1 atom stereocenters. The van der Waals surface area contributed by atoms with E-state index in [0.717, 1.165) is 17.0 Å². The average molecular weight is 370 g/mol. The molecule has 26 heavy (non-hydrogen) atoms. The maximum atomic E-state index is 12.4. The van der Waals surface area contributed by atoms with E-state index in [1.165, 1.54) is 0 Å². The first kappa shape index (κ1) is 16.6. The highest BCUT2D eigenvalue weighted by Crippen LogP contribution is 2.32. The first-order valence-corrected chi connectivity index (χ1v) is 8.56. The van der Waals surface area contributed by atoms with Crippen molar-refractivity contribution in [1.29, 1.82) is 0 Å². The molecular weight excluding hydrogens is 354 g/mol. The van der Waals surface area contributed by atoms with E-state index in [4.69, 9.17) is 20.9 Å². The predicted octanol–water partition coefficient (Wildman–Crippen LogP) is 3.92. The molecule has 0 saturated carbocycles. The third kappa shape index (κ3) is 3.15. The Bertz CT molecular complexity index is 922. The van der Waals surface area contributed by atoms with E-state index in [2.05, 4.69) is 10.1 Å². The largest absolute Gasteiger partial charge is 0.497 e. The lowest BCUT2D eigenvalue weighted by Crippen LogP contribution is -2.24. The molecule has 1 saturated heterocycles. The van der Waals surface area contributed by atoms with Crippen LogP contribution in [0.1, 0.15) is 18.2 Å². The van der Waals surface area contributed by atoms with Gasteiger partial charge in [0, 0.05) is 35.2 Å². The number of aromatic nitrogens is 2. The molecular formula is C19H16ClN3O3. The molecule has 2 aromatic carbocycles. The van der Waals surface area contributed by atoms with Gasteiger partial charge in [-0.2, -0.15) is 4.98 Å². The standard InChI is InChI=1S/C19H16ClN3O3/c1-25-16-8-6-15(7-9-16)23-11-13(10-17(23)24)18-21-19(26-22-18)12-2-4-14(20)5-3-12/h2-9,13H,10-11H2,1H3. The number of amides is 1. The Hall–Kier alpha value is -2.86. The molecule has 3 aromatic rings. The molecule has 0 bridgehead atoms. The van der Waals surface area contributed by atoms with Crippen molar-refractivity contribution in [2.24, 2.45) is 0 Å². The monoisotopic (exact) mass is 369 g/mol. The number of hydrogen-bond acceptors (Lipinski definition) is 5. The summed E-state index contributed by atoms with van der Waals surface area (Å²) in [4.78, 5) is 18.6. The van der Waals surface area contributed by atoms with Crippen LogP contribution in [-0.4, -0.2) is 29.7 Å². The van der Waals surface area contributed by atoms with E-state index in [-0.39, 0.29) is 11.8 Å². The predicted molar refractivity (Wildman–Crippen MR) is 97.4 cm³/mol. The van der Waals surface area contributed by atoms with Crippen LogP contribution in [0.25, 0.3) is 11.5 Å². The number of benzene rings is 2. The smallest absolute Gasteiger partial charge is 0.257 e. The molecule has 0 N–H and O–H groups in total. The number of carbonyl (C=O) groups excluding carboxylic acids is 1. The number of rotatable bonds is 4. The summed E-state index contributed by atoms with van der Waals surface area (Å²) in [6.45, 7) is 0.519. The Kier molecular flexibility index (Phi) is 4.34. The fourth-order valence-electron chi connectivity index (χ4n) is 3.00. The normalized spacial score (nSPS) is 16.9. The SMILES string of the molecule is COc1ccc(N2CC(c3noc(-c4ccc(Cl)cc4)n3)CC2=O)cc1. The van der Waals surface area contributed by atoms with Gasteiger partial charge in [-0.25, -0.2) is 0 Å². The second-order valence-corrected chi connectivity index (χ2v) is 6.50. The lowest BCUT2D eigenvalue weighted by Gasteiger charge is -2.16. The Morgan fingerprint density at radius 2 is 1.88 bits per heavy atom. The van der Waals surface area contributed by atoms with Gasteiger partial charge in [-0.05, 0) is 48.5 Å². The van der Waals surface area contributed by atoms with E-state index in [9.17, 15) is 4.79 Å². The van der Waals surface area contributed by atoms with E-state index >= 15 is 0 Å². The minimum atomic E-state index is -0.102. The van der Waals surface area contributed by atoms with Crippen LogP contribution in [-0.2, 0) is 4.79 Å². The van der Waals surface area contributed by atoms with Crippen molar-refractivity contribution in [2.45, 2.75) is 12.3 Å². The summed E-state index contributed by atoms with van der Waals surface area (Å²) in [6.07, 6.45) is 0.353. The van der Waals surface area contributed by atoms with Gasteiger partial charge in [-0.1, -0.05) is 16.8 Å². The number of hydrogen-bond donors (Lipinski definition) is 0. The van der Waals surface area contributed by atoms with Crippen molar-refractivity contribution in [1.82, 2.24) is 10.1 Å². The van der Waals surface area contributed by atoms with Crippen LogP contribution < -0.4 is 9.64 Å². The third-order valence-corrected chi connectivity index (χ3v) is 4.66. The second kappa shape index (κ2) is 6.80. The molecule has 1 aliphatic heterocycles. The van der Waals surface area contributed by atoms with Gasteiger partial charge in [0.1, 0.15) is 5.75 Å². The first-order valence-electron chi connectivity index (χ1n) is 8.18. The molecule has 0 aliphatic carbocycles. The van der Waals surface area contributed by atoms with Gasteiger partial charge < -0.3 is 14.2 Å². The maximum Gasteiger partial charge on any atom is 0.257 e. The quantitative estimate of drug-likeness (QED) is 0.697. The van der Waals surface area contributed by atoms with E-state index in [0.29, 0.717) is 29.7 Å². The molecule has 0 radical (unpaired) electrons. The number of anilines is 1. The summed E-state index contributed by atoms with van der Waals surface area (Å²) in [5.41, 5.74) is 1.63. The van der Waals surface area contributed by atoms with Crippen LogP contribution in [0, 0.1) is 0 Å². The van der Waals surface area contributed by atoms with E-state index < -0.39 is 0 Å². The van der Waals surface area contributed by atoms with Crippen molar-refractivity contribution in [3.8, 4) is 17.2 Å². The average Bonchev–Trinajstić information content (AvgIpc) is 3.29. The summed E-state index contributed by atoms with van der Waals surface area (Å²) in [5, 5.41) is 4.71. The minimum absolute atomic E-state index is 0.0398. The summed E-state index contributed by atoms with van der Waals surface area (Å²) in [7, 11) is 1.61. The Labute approximate surface area is 155 Å². The highest BCUT2D eigenvalue weighted by Gasteiger charge is 2.34. The van der Waals surface area contributed by atoms with Gasteiger partial charge in [0.25, 0.3) is 5.89 Å². The van der Waals surface area contributed by atoms with Crippen molar-refractivity contribution in [3.05, 3.63) is 59.4 Å². The van der Waals surface area contributed by atoms with Crippen LogP contribution >= 0.6 is 11.6 Å². The Morgan fingerprint density at radius 3 is 2.58 bits per heavy atom. The van der Waals surface area contributed by atoms with Crippen LogP contribution in [0.4, 0.5) is 5.69 Å². The fraction of sp³-hybridized carbons (Fsp3) is 0.211. The van der Waals surface area contributed by atoms with Crippen molar-refractivity contribution in [3.63, 3.8) is 0 Å². The number of nitrogens with zero attached hydrogens (tertiary/aromatic N) is 3. The van der Waals surface area contributed by atoms with Crippen molar-refractivity contribution >= 4 is 23.2 Å². The van der Waals surface area contributed by atoms with Crippen molar-refractivity contribution in [2.75, 3.05) is 18.6 Å². The molecule has 132 valence electrons. The van der Waals surface area contributed by atoms with Gasteiger partial charge in [0.05, 0.1) is 7.11 Å². The van der Waals surface area contributed by atoms with Crippen LogP contribution in [0.15, 0.2) is 53.1 Å². The Balaban J connectivity index is 1.52. The molecule has 2 heterocycles. The van der Waals surface area contributed by atoms with Gasteiger partial charge in [-0.15, -0.1) is 0 Å². The topological polar surface area (TPSA) is 68.5 Å². The molecule has 4 rings (SSSR count). The zero-order chi connectivity index (χ0) is 18.1. The van der Waals surface area contributed by atoms with Crippen LogP contribution in [0.2, 0.25) is 5.02 Å². The summed E-state index contributed by atoms with van der Waals surface area (Å²) < 4.78 is 10.5. The highest BCUT2D eigenvalue weighted by molar-refractivity contribution is 6.30. The molecule has 6 nitrogen and oxygen atoms in total. The second-order valence-electron chi connectivity index (χ2n) is 6.07. The molecule has 0 spiro atoms. The third-order valence-electron chi connectivity index (χ3n) is 4.41. The van der Waals surface area contributed by atoms with Gasteiger partial charge in [-0.3, -0.25) is 4.79 Å².